The molecule has 0 saturated carbocycles. The minimum atomic E-state index is 0.0808. The molecule has 0 spiro atoms. The number of nitrogens with zero attached hydrogens (tertiary/aromatic N) is 1. The molecular weight excluding hydrogens is 306 g/mol. The Hall–Kier alpha value is -1.83. The highest BCUT2D eigenvalue weighted by Crippen LogP contribution is 2.29. The third-order valence-corrected chi connectivity index (χ3v) is 3.30. The number of benzene rings is 2. The van der Waals surface area contributed by atoms with E-state index in [1.54, 1.807) is 18.2 Å². The summed E-state index contributed by atoms with van der Waals surface area (Å²) in [6.45, 7) is 0.0808. The third-order valence-electron chi connectivity index (χ3n) is 2.64. The van der Waals surface area contributed by atoms with Gasteiger partial charge in [-0.05, 0) is 52.2 Å². The van der Waals surface area contributed by atoms with E-state index in [1.165, 1.54) is 0 Å². The Kier molecular flexibility index (Phi) is 4.56. The minimum Gasteiger partial charge on any atom is -0.457 e. The Bertz CT molecular complexity index is 620. The van der Waals surface area contributed by atoms with Crippen LogP contribution in [0.1, 0.15) is 11.1 Å². The van der Waals surface area contributed by atoms with E-state index in [2.05, 4.69) is 22.0 Å². The molecule has 2 aromatic rings. The number of hydrogen-bond donors (Lipinski definition) is 1. The number of aliphatic hydroxyl groups is 1. The highest BCUT2D eigenvalue weighted by Gasteiger charge is 2.06. The highest BCUT2D eigenvalue weighted by molar-refractivity contribution is 9.10. The van der Waals surface area contributed by atoms with Gasteiger partial charge in [-0.2, -0.15) is 5.26 Å². The number of ether oxygens (including phenoxy) is 1. The van der Waals surface area contributed by atoms with Crippen LogP contribution in [-0.4, -0.2) is 11.7 Å². The van der Waals surface area contributed by atoms with Crippen molar-refractivity contribution < 1.29 is 9.84 Å². The van der Waals surface area contributed by atoms with Crippen LogP contribution < -0.4 is 4.74 Å². The molecule has 0 aliphatic rings. The molecule has 3 nitrogen and oxygen atoms in total. The monoisotopic (exact) mass is 317 g/mol. The number of hydrogen-bond acceptors (Lipinski definition) is 3. The number of nitriles is 1. The van der Waals surface area contributed by atoms with Crippen molar-refractivity contribution in [2.75, 3.05) is 6.61 Å². The second-order valence-electron chi connectivity index (χ2n) is 3.94. The first kappa shape index (κ1) is 13.6. The Labute approximate surface area is 120 Å². The summed E-state index contributed by atoms with van der Waals surface area (Å²) in [4.78, 5) is 0. The fraction of sp³-hybridized carbons (Fsp3) is 0.133. The van der Waals surface area contributed by atoms with Gasteiger partial charge >= 0.3 is 0 Å². The lowest BCUT2D eigenvalue weighted by molar-refractivity contribution is 0.298. The van der Waals surface area contributed by atoms with Crippen LogP contribution in [0.25, 0.3) is 0 Å². The highest BCUT2D eigenvalue weighted by atomic mass is 79.9. The van der Waals surface area contributed by atoms with Crippen LogP contribution in [0.3, 0.4) is 0 Å². The molecule has 2 rings (SSSR count). The van der Waals surface area contributed by atoms with Crippen LogP contribution in [0.5, 0.6) is 11.5 Å². The summed E-state index contributed by atoms with van der Waals surface area (Å²) in [5, 5.41) is 17.9. The fourth-order valence-corrected chi connectivity index (χ4v) is 2.15. The van der Waals surface area contributed by atoms with E-state index in [-0.39, 0.29) is 6.61 Å². The average Bonchev–Trinajstić information content (AvgIpc) is 2.41. The molecular formula is C15H12BrNO2. The summed E-state index contributed by atoms with van der Waals surface area (Å²) in [5.41, 5.74) is 1.52. The molecule has 0 atom stereocenters. The van der Waals surface area contributed by atoms with E-state index in [4.69, 9.17) is 15.1 Å². The fourth-order valence-electron chi connectivity index (χ4n) is 1.71. The zero-order chi connectivity index (χ0) is 13.7. The first-order chi connectivity index (χ1) is 9.24. The van der Waals surface area contributed by atoms with Gasteiger partial charge in [-0.1, -0.05) is 18.2 Å². The van der Waals surface area contributed by atoms with Gasteiger partial charge in [0.05, 0.1) is 5.56 Å². The van der Waals surface area contributed by atoms with Crippen LogP contribution in [0.2, 0.25) is 0 Å². The van der Waals surface area contributed by atoms with Gasteiger partial charge in [-0.25, -0.2) is 0 Å². The Balaban J connectivity index is 2.26. The summed E-state index contributed by atoms with van der Waals surface area (Å²) in [6.07, 6.45) is 0.549. The maximum absolute atomic E-state index is 9.02. The summed E-state index contributed by atoms with van der Waals surface area (Å²) in [6, 6.07) is 14.9. The lowest BCUT2D eigenvalue weighted by Gasteiger charge is -2.10. The van der Waals surface area contributed by atoms with Crippen molar-refractivity contribution in [2.45, 2.75) is 6.42 Å². The lowest BCUT2D eigenvalue weighted by atomic mass is 10.1. The second-order valence-corrected chi connectivity index (χ2v) is 4.79. The summed E-state index contributed by atoms with van der Waals surface area (Å²) >= 11 is 3.33. The molecule has 0 aromatic heterocycles. The van der Waals surface area contributed by atoms with Gasteiger partial charge in [0, 0.05) is 11.1 Å². The van der Waals surface area contributed by atoms with Crippen LogP contribution in [-0.2, 0) is 6.42 Å². The van der Waals surface area contributed by atoms with Gasteiger partial charge in [0.15, 0.2) is 0 Å². The van der Waals surface area contributed by atoms with E-state index < -0.39 is 0 Å². The Morgan fingerprint density at radius 2 is 2.00 bits per heavy atom. The quantitative estimate of drug-likeness (QED) is 0.936. The van der Waals surface area contributed by atoms with Crippen molar-refractivity contribution >= 4 is 15.9 Å². The van der Waals surface area contributed by atoms with Crippen molar-refractivity contribution in [1.29, 1.82) is 5.26 Å². The first-order valence-electron chi connectivity index (χ1n) is 5.81. The molecule has 0 fully saturated rings. The molecule has 0 aliphatic heterocycles. The molecule has 1 N–H and O–H groups in total. The maximum atomic E-state index is 9.02. The molecule has 4 heteroatoms. The van der Waals surface area contributed by atoms with E-state index in [1.807, 2.05) is 24.3 Å². The molecule has 96 valence electrons. The predicted octanol–water partition coefficient (Wildman–Crippen LogP) is 3.65. The minimum absolute atomic E-state index is 0.0808. The van der Waals surface area contributed by atoms with Crippen molar-refractivity contribution in [3.63, 3.8) is 0 Å². The van der Waals surface area contributed by atoms with Gasteiger partial charge in [0.2, 0.25) is 0 Å². The molecule has 19 heavy (non-hydrogen) atoms. The molecule has 0 heterocycles. The van der Waals surface area contributed by atoms with Crippen molar-refractivity contribution in [2.24, 2.45) is 0 Å². The van der Waals surface area contributed by atoms with E-state index >= 15 is 0 Å². The largest absolute Gasteiger partial charge is 0.457 e. The zero-order valence-electron chi connectivity index (χ0n) is 10.1. The van der Waals surface area contributed by atoms with E-state index in [0.29, 0.717) is 28.0 Å². The lowest BCUT2D eigenvalue weighted by Crippen LogP contribution is -1.95. The molecule has 0 aliphatic carbocycles. The van der Waals surface area contributed by atoms with Gasteiger partial charge in [-0.15, -0.1) is 0 Å². The second kappa shape index (κ2) is 6.37. The molecule has 0 unspecified atom stereocenters. The standard InChI is InChI=1S/C15H12BrNO2/c16-14-9-13(6-5-12(14)10-17)19-15-4-2-1-3-11(15)7-8-18/h1-6,9,18H,7-8H2. The Morgan fingerprint density at radius 1 is 1.21 bits per heavy atom. The zero-order valence-corrected chi connectivity index (χ0v) is 11.7. The van der Waals surface area contributed by atoms with Crippen LogP contribution >= 0.6 is 15.9 Å². The maximum Gasteiger partial charge on any atom is 0.130 e. The summed E-state index contributed by atoms with van der Waals surface area (Å²) in [5.74, 6) is 1.37. The summed E-state index contributed by atoms with van der Waals surface area (Å²) in [7, 11) is 0. The van der Waals surface area contributed by atoms with Crippen LogP contribution in [0.4, 0.5) is 0 Å². The smallest absolute Gasteiger partial charge is 0.130 e. The number of para-hydroxylation sites is 1. The topological polar surface area (TPSA) is 53.2 Å². The Morgan fingerprint density at radius 3 is 2.68 bits per heavy atom. The molecule has 0 radical (unpaired) electrons. The van der Waals surface area contributed by atoms with Gasteiger partial charge in [-0.3, -0.25) is 0 Å². The third kappa shape index (κ3) is 3.34. The molecule has 0 bridgehead atoms. The van der Waals surface area contributed by atoms with Gasteiger partial charge in [0.25, 0.3) is 0 Å². The summed E-state index contributed by atoms with van der Waals surface area (Å²) < 4.78 is 6.49. The number of rotatable bonds is 4. The van der Waals surface area contributed by atoms with Gasteiger partial charge < -0.3 is 9.84 Å². The number of aliphatic hydroxyl groups excluding tert-OH is 1. The normalized spacial score (nSPS) is 9.95. The molecule has 2 aromatic carbocycles. The molecule has 0 saturated heterocycles. The van der Waals surface area contributed by atoms with Crippen molar-refractivity contribution in [1.82, 2.24) is 0 Å². The van der Waals surface area contributed by atoms with E-state index in [0.717, 1.165) is 5.56 Å². The first-order valence-corrected chi connectivity index (χ1v) is 6.60. The van der Waals surface area contributed by atoms with Crippen LogP contribution in [0.15, 0.2) is 46.9 Å². The SMILES string of the molecule is N#Cc1ccc(Oc2ccccc2CCO)cc1Br. The number of halogens is 1. The molecule has 0 amide bonds. The average molecular weight is 318 g/mol. The van der Waals surface area contributed by atoms with Gasteiger partial charge in [0.1, 0.15) is 17.6 Å². The van der Waals surface area contributed by atoms with E-state index in [9.17, 15) is 0 Å². The van der Waals surface area contributed by atoms with Crippen molar-refractivity contribution in [3.05, 3.63) is 58.1 Å². The predicted molar refractivity (Wildman–Crippen MR) is 76.2 cm³/mol. The van der Waals surface area contributed by atoms with Crippen molar-refractivity contribution in [3.8, 4) is 17.6 Å². The van der Waals surface area contributed by atoms with Crippen LogP contribution in [0, 0.1) is 11.3 Å².